The van der Waals surface area contributed by atoms with E-state index in [1.54, 1.807) is 6.07 Å². The van der Waals surface area contributed by atoms with Gasteiger partial charge in [-0.1, -0.05) is 50.0 Å². The number of carbonyl (C=O) groups is 1. The van der Waals surface area contributed by atoms with Crippen LogP contribution in [0.25, 0.3) is 0 Å². The summed E-state index contributed by atoms with van der Waals surface area (Å²) >= 11 is 12.0. The molecule has 1 fully saturated rings. The Morgan fingerprint density at radius 1 is 1.33 bits per heavy atom. The number of halogens is 2. The number of carbonyl (C=O) groups excluding carboxylic acids is 1. The van der Waals surface area contributed by atoms with Crippen LogP contribution in [0.1, 0.15) is 39.2 Å². The second-order valence-corrected chi connectivity index (χ2v) is 7.60. The molecule has 1 amide bonds. The molecular formula is C16H22Cl2N2O. The van der Waals surface area contributed by atoms with Crippen molar-refractivity contribution in [3.05, 3.63) is 33.8 Å². The molecule has 1 atom stereocenters. The monoisotopic (exact) mass is 328 g/mol. The fourth-order valence-electron chi connectivity index (χ4n) is 2.16. The fourth-order valence-corrected chi connectivity index (χ4v) is 2.48. The zero-order valence-corrected chi connectivity index (χ0v) is 14.2. The Balaban J connectivity index is 2.16. The second-order valence-electron chi connectivity index (χ2n) is 6.79. The van der Waals surface area contributed by atoms with E-state index in [0.29, 0.717) is 22.6 Å². The highest BCUT2D eigenvalue weighted by Crippen LogP contribution is 2.32. The maximum Gasteiger partial charge on any atom is 0.240 e. The molecule has 1 aromatic carbocycles. The van der Waals surface area contributed by atoms with Gasteiger partial charge in [0.15, 0.2) is 0 Å². The Labute approximate surface area is 136 Å². The first-order valence-electron chi connectivity index (χ1n) is 7.20. The molecule has 2 N–H and O–H groups in total. The van der Waals surface area contributed by atoms with Gasteiger partial charge in [-0.25, -0.2) is 0 Å². The van der Waals surface area contributed by atoms with Crippen molar-refractivity contribution in [2.24, 2.45) is 11.1 Å². The van der Waals surface area contributed by atoms with Crippen LogP contribution in [0.2, 0.25) is 10.0 Å². The molecular weight excluding hydrogens is 307 g/mol. The van der Waals surface area contributed by atoms with Crippen molar-refractivity contribution in [1.29, 1.82) is 0 Å². The number of nitrogens with two attached hydrogens (primary N) is 1. The van der Waals surface area contributed by atoms with Gasteiger partial charge in [0.1, 0.15) is 0 Å². The number of hydrogen-bond acceptors (Lipinski definition) is 2. The van der Waals surface area contributed by atoms with Gasteiger partial charge >= 0.3 is 0 Å². The Bertz CT molecular complexity index is 536. The molecule has 0 aliphatic heterocycles. The van der Waals surface area contributed by atoms with Gasteiger partial charge in [0.05, 0.1) is 16.1 Å². The van der Waals surface area contributed by atoms with Gasteiger partial charge < -0.3 is 10.6 Å². The number of amides is 1. The average molecular weight is 329 g/mol. The largest absolute Gasteiger partial charge is 0.334 e. The summed E-state index contributed by atoms with van der Waals surface area (Å²) in [5.74, 6) is 0.0103. The molecule has 5 heteroatoms. The number of nitrogens with zero attached hydrogens (tertiary/aromatic N) is 1. The quantitative estimate of drug-likeness (QED) is 0.912. The van der Waals surface area contributed by atoms with Crippen LogP contribution in [0.3, 0.4) is 0 Å². The lowest BCUT2D eigenvalue weighted by Gasteiger charge is -2.32. The van der Waals surface area contributed by atoms with Gasteiger partial charge in [0.25, 0.3) is 0 Å². The summed E-state index contributed by atoms with van der Waals surface area (Å²) in [4.78, 5) is 14.6. The molecule has 2 rings (SSSR count). The Kier molecular flexibility index (Phi) is 4.86. The van der Waals surface area contributed by atoms with E-state index in [-0.39, 0.29) is 11.3 Å². The van der Waals surface area contributed by atoms with Crippen LogP contribution in [0, 0.1) is 5.41 Å². The first-order chi connectivity index (χ1) is 9.70. The number of rotatable bonds is 4. The van der Waals surface area contributed by atoms with Gasteiger partial charge in [-0.2, -0.15) is 0 Å². The van der Waals surface area contributed by atoms with E-state index in [4.69, 9.17) is 28.9 Å². The van der Waals surface area contributed by atoms with E-state index in [1.807, 2.05) is 37.8 Å². The highest BCUT2D eigenvalue weighted by Gasteiger charge is 2.38. The lowest BCUT2D eigenvalue weighted by molar-refractivity contribution is -0.136. The summed E-state index contributed by atoms with van der Waals surface area (Å²) in [5.41, 5.74) is 6.86. The van der Waals surface area contributed by atoms with Gasteiger partial charge in [0.2, 0.25) is 5.91 Å². The summed E-state index contributed by atoms with van der Waals surface area (Å²) in [6.07, 6.45) is 2.09. The van der Waals surface area contributed by atoms with Crippen LogP contribution in [0.4, 0.5) is 0 Å². The minimum absolute atomic E-state index is 0.0103. The van der Waals surface area contributed by atoms with Crippen LogP contribution in [0.5, 0.6) is 0 Å². The molecule has 116 valence electrons. The summed E-state index contributed by atoms with van der Waals surface area (Å²) in [6, 6.07) is 5.29. The minimum Gasteiger partial charge on any atom is -0.334 e. The van der Waals surface area contributed by atoms with Gasteiger partial charge in [0, 0.05) is 12.6 Å². The van der Waals surface area contributed by atoms with Crippen molar-refractivity contribution in [3.63, 3.8) is 0 Å². The van der Waals surface area contributed by atoms with E-state index >= 15 is 0 Å². The normalized spacial score (nSPS) is 16.7. The van der Waals surface area contributed by atoms with Crippen molar-refractivity contribution in [2.45, 2.75) is 52.2 Å². The molecule has 1 aliphatic carbocycles. The highest BCUT2D eigenvalue weighted by molar-refractivity contribution is 6.42. The van der Waals surface area contributed by atoms with Gasteiger partial charge in [-0.3, -0.25) is 4.79 Å². The molecule has 0 radical (unpaired) electrons. The topological polar surface area (TPSA) is 46.3 Å². The predicted octanol–water partition coefficient (Wildman–Crippen LogP) is 3.86. The molecule has 1 saturated carbocycles. The number of hydrogen-bond donors (Lipinski definition) is 1. The smallest absolute Gasteiger partial charge is 0.240 e. The zero-order valence-electron chi connectivity index (χ0n) is 12.7. The van der Waals surface area contributed by atoms with Crippen LogP contribution in [0.15, 0.2) is 18.2 Å². The van der Waals surface area contributed by atoms with E-state index in [1.165, 1.54) is 0 Å². The van der Waals surface area contributed by atoms with Crippen LogP contribution in [-0.4, -0.2) is 22.9 Å². The second kappa shape index (κ2) is 6.15. The molecule has 0 unspecified atom stereocenters. The average Bonchev–Trinajstić information content (AvgIpc) is 3.21. The fraction of sp³-hybridized carbons (Fsp3) is 0.562. The Hall–Kier alpha value is -0.770. The molecule has 1 aromatic rings. The number of benzene rings is 1. The lowest BCUT2D eigenvalue weighted by atomic mass is 9.86. The first kappa shape index (κ1) is 16.6. The minimum atomic E-state index is -0.499. The van der Waals surface area contributed by atoms with E-state index < -0.39 is 6.04 Å². The standard InChI is InChI=1S/C16H22Cl2N2O/c1-16(2,3)14(19)15(21)20(11-5-6-11)9-10-4-7-12(17)13(18)8-10/h4,7-8,11,14H,5-6,9,19H2,1-3H3/t14-/m1/s1. The van der Waals surface area contributed by atoms with E-state index in [2.05, 4.69) is 0 Å². The molecule has 0 saturated heterocycles. The van der Waals surface area contributed by atoms with Crippen LogP contribution < -0.4 is 5.73 Å². The van der Waals surface area contributed by atoms with Crippen LogP contribution in [-0.2, 0) is 11.3 Å². The maximum atomic E-state index is 12.7. The summed E-state index contributed by atoms with van der Waals surface area (Å²) < 4.78 is 0. The van der Waals surface area contributed by atoms with Crippen molar-refractivity contribution in [3.8, 4) is 0 Å². The van der Waals surface area contributed by atoms with Gasteiger partial charge in [-0.15, -0.1) is 0 Å². The predicted molar refractivity (Wildman–Crippen MR) is 87.5 cm³/mol. The summed E-state index contributed by atoms with van der Waals surface area (Å²) in [5, 5.41) is 1.04. The van der Waals surface area contributed by atoms with Crippen molar-refractivity contribution in [1.82, 2.24) is 4.90 Å². The molecule has 0 heterocycles. The molecule has 1 aliphatic rings. The zero-order chi connectivity index (χ0) is 15.8. The molecule has 0 bridgehead atoms. The SMILES string of the molecule is CC(C)(C)[C@H](N)C(=O)N(Cc1ccc(Cl)c(Cl)c1)C1CC1. The molecule has 0 aromatic heterocycles. The van der Waals surface area contributed by atoms with Crippen LogP contribution >= 0.6 is 23.2 Å². The third kappa shape index (κ3) is 4.12. The van der Waals surface area contributed by atoms with Crippen molar-refractivity contribution >= 4 is 29.1 Å². The third-order valence-electron chi connectivity index (χ3n) is 3.81. The van der Waals surface area contributed by atoms with E-state index in [0.717, 1.165) is 18.4 Å². The third-order valence-corrected chi connectivity index (χ3v) is 4.55. The Morgan fingerprint density at radius 2 is 1.95 bits per heavy atom. The summed E-state index contributed by atoms with van der Waals surface area (Å²) in [6.45, 7) is 6.49. The maximum absolute atomic E-state index is 12.7. The van der Waals surface area contributed by atoms with Crippen molar-refractivity contribution in [2.75, 3.05) is 0 Å². The summed E-state index contributed by atoms with van der Waals surface area (Å²) in [7, 11) is 0. The lowest BCUT2D eigenvalue weighted by Crippen LogP contribution is -2.50. The van der Waals surface area contributed by atoms with E-state index in [9.17, 15) is 4.79 Å². The highest BCUT2D eigenvalue weighted by atomic mass is 35.5. The van der Waals surface area contributed by atoms with Crippen molar-refractivity contribution < 1.29 is 4.79 Å². The van der Waals surface area contributed by atoms with Gasteiger partial charge in [-0.05, 0) is 36.0 Å². The molecule has 3 nitrogen and oxygen atoms in total. The Morgan fingerprint density at radius 3 is 2.43 bits per heavy atom. The molecule has 21 heavy (non-hydrogen) atoms. The first-order valence-corrected chi connectivity index (χ1v) is 7.95. The molecule has 0 spiro atoms.